The van der Waals surface area contributed by atoms with E-state index in [9.17, 15) is 19.4 Å². The molecule has 1 amide bonds. The lowest BCUT2D eigenvalue weighted by atomic mass is 10.0. The van der Waals surface area contributed by atoms with Crippen molar-refractivity contribution in [3.63, 3.8) is 0 Å². The van der Waals surface area contributed by atoms with Crippen LogP contribution < -0.4 is 5.32 Å². The zero-order valence-corrected chi connectivity index (χ0v) is 61.0. The van der Waals surface area contributed by atoms with E-state index >= 15 is 0 Å². The van der Waals surface area contributed by atoms with Crippen molar-refractivity contribution in [1.29, 1.82) is 0 Å². The predicted molar refractivity (Wildman–Crippen MR) is 383 cm³/mol. The molecule has 8 nitrogen and oxygen atoms in total. The van der Waals surface area contributed by atoms with Crippen LogP contribution in [0.5, 0.6) is 0 Å². The van der Waals surface area contributed by atoms with Crippen molar-refractivity contribution in [3.8, 4) is 0 Å². The zero-order valence-electron chi connectivity index (χ0n) is 60.1. The number of carbonyl (C=O) groups excluding carboxylic acids is 1. The average Bonchev–Trinajstić information content (AvgIpc) is 3.70. The van der Waals surface area contributed by atoms with Crippen LogP contribution in [0, 0.1) is 0 Å². The summed E-state index contributed by atoms with van der Waals surface area (Å²) in [6.07, 6.45) is 89.7. The molecule has 0 saturated carbocycles. The summed E-state index contributed by atoms with van der Waals surface area (Å²) in [4.78, 5) is 23.5. The Labute approximate surface area is 546 Å². The molecular formula is C78H160N2O6P+. The first-order chi connectivity index (χ1) is 42.5. The fourth-order valence-electron chi connectivity index (χ4n) is 12.9. The van der Waals surface area contributed by atoms with Crippen LogP contribution in [0.3, 0.4) is 0 Å². The molecule has 3 unspecified atom stereocenters. The standard InChI is InChI=1S/C78H159N2O6P/c1-6-8-10-12-14-16-18-20-22-24-26-28-30-32-34-35-36-37-38-39-40-41-42-43-44-46-48-50-52-54-56-58-60-62-64-66-68-70-72-78(82)79-76(75-86-87(83,84)85-74-73-80(3,4)5)77(81)71-69-67-65-63-61-59-57-55-53-51-49-47-45-33-31-29-27-25-23-21-19-17-15-13-11-9-7-2/h76-77,81H,6-75H2,1-5H3,(H-,79,82,83,84)/p+1. The topological polar surface area (TPSA) is 105 Å². The van der Waals surface area contributed by atoms with Gasteiger partial charge < -0.3 is 19.8 Å². The van der Waals surface area contributed by atoms with Gasteiger partial charge in [0.25, 0.3) is 0 Å². The SMILES string of the molecule is CCCCCCCCCCCCCCCCCCCCCCCCCCCCCCCCCCCCCCCCC(=O)NC(COP(=O)(O)OCC[N+](C)(C)C)C(O)CCCCCCCCCCCCCCCCCCCCCCCCCCCCC. The van der Waals surface area contributed by atoms with Crippen molar-refractivity contribution in [2.45, 2.75) is 456 Å². The van der Waals surface area contributed by atoms with Crippen molar-refractivity contribution >= 4 is 13.7 Å². The fourth-order valence-corrected chi connectivity index (χ4v) is 13.7. The van der Waals surface area contributed by atoms with Gasteiger partial charge in [-0.05, 0) is 12.8 Å². The number of nitrogens with one attached hydrogen (secondary N) is 1. The average molecular weight is 1250 g/mol. The fraction of sp³-hybridized carbons (Fsp3) is 0.987. The number of amides is 1. The molecule has 0 heterocycles. The molecule has 0 saturated heterocycles. The summed E-state index contributed by atoms with van der Waals surface area (Å²) in [5.41, 5.74) is 0. The van der Waals surface area contributed by atoms with Gasteiger partial charge in [0, 0.05) is 6.42 Å². The maximum absolute atomic E-state index is 13.1. The molecule has 0 aromatic rings. The van der Waals surface area contributed by atoms with Gasteiger partial charge in [-0.25, -0.2) is 4.57 Å². The van der Waals surface area contributed by atoms with Gasteiger partial charge >= 0.3 is 7.82 Å². The number of nitrogens with zero attached hydrogens (tertiary/aromatic N) is 1. The Balaban J connectivity index is 3.87. The van der Waals surface area contributed by atoms with Crippen molar-refractivity contribution in [2.24, 2.45) is 0 Å². The zero-order chi connectivity index (χ0) is 63.4. The largest absolute Gasteiger partial charge is 0.472 e. The second-order valence-corrected chi connectivity index (χ2v) is 30.6. The van der Waals surface area contributed by atoms with Gasteiger partial charge in [-0.15, -0.1) is 0 Å². The third kappa shape index (κ3) is 72.8. The minimum Gasteiger partial charge on any atom is -0.391 e. The van der Waals surface area contributed by atoms with Crippen molar-refractivity contribution in [1.82, 2.24) is 5.32 Å². The Morgan fingerprint density at radius 2 is 0.552 bits per heavy atom. The van der Waals surface area contributed by atoms with Gasteiger partial charge in [0.15, 0.2) is 0 Å². The first-order valence-electron chi connectivity index (χ1n) is 39.9. The van der Waals surface area contributed by atoms with Crippen LogP contribution in [0.1, 0.15) is 444 Å². The highest BCUT2D eigenvalue weighted by atomic mass is 31.2. The van der Waals surface area contributed by atoms with E-state index in [1.54, 1.807) is 0 Å². The van der Waals surface area contributed by atoms with Gasteiger partial charge in [0.2, 0.25) is 5.91 Å². The highest BCUT2D eigenvalue weighted by Crippen LogP contribution is 2.43. The summed E-state index contributed by atoms with van der Waals surface area (Å²) in [5, 5.41) is 14.2. The molecule has 0 aromatic heterocycles. The lowest BCUT2D eigenvalue weighted by molar-refractivity contribution is -0.870. The van der Waals surface area contributed by atoms with E-state index in [2.05, 4.69) is 19.2 Å². The van der Waals surface area contributed by atoms with E-state index in [0.717, 1.165) is 38.5 Å². The Kier molecular flexibility index (Phi) is 69.4. The lowest BCUT2D eigenvalue weighted by Crippen LogP contribution is -2.46. The third-order valence-electron chi connectivity index (χ3n) is 19.1. The Hall–Kier alpha value is -0.500. The first-order valence-corrected chi connectivity index (χ1v) is 41.4. The van der Waals surface area contributed by atoms with Gasteiger partial charge in [0.1, 0.15) is 13.2 Å². The van der Waals surface area contributed by atoms with E-state index in [-0.39, 0.29) is 19.1 Å². The van der Waals surface area contributed by atoms with Gasteiger partial charge in [0.05, 0.1) is 39.9 Å². The van der Waals surface area contributed by atoms with Crippen LogP contribution in [0.25, 0.3) is 0 Å². The lowest BCUT2D eigenvalue weighted by Gasteiger charge is -2.26. The van der Waals surface area contributed by atoms with Crippen LogP contribution in [-0.4, -0.2) is 73.4 Å². The second-order valence-electron chi connectivity index (χ2n) is 29.2. The first kappa shape index (κ1) is 86.5. The predicted octanol–water partition coefficient (Wildman–Crippen LogP) is 25.8. The maximum Gasteiger partial charge on any atom is 0.472 e. The molecule has 0 bridgehead atoms. The van der Waals surface area contributed by atoms with Crippen LogP contribution in [0.4, 0.5) is 0 Å². The monoisotopic (exact) mass is 1250 g/mol. The van der Waals surface area contributed by atoms with E-state index in [4.69, 9.17) is 9.05 Å². The van der Waals surface area contributed by atoms with Crippen molar-refractivity contribution in [3.05, 3.63) is 0 Å². The number of phosphoric ester groups is 1. The number of hydrogen-bond acceptors (Lipinski definition) is 5. The van der Waals surface area contributed by atoms with Crippen LogP contribution >= 0.6 is 7.82 Å². The molecule has 0 spiro atoms. The third-order valence-corrected chi connectivity index (χ3v) is 20.1. The quantitative estimate of drug-likeness (QED) is 0.0318. The van der Waals surface area contributed by atoms with Crippen LogP contribution in [-0.2, 0) is 18.4 Å². The molecule has 0 fully saturated rings. The summed E-state index contributed by atoms with van der Waals surface area (Å²) >= 11 is 0. The molecule has 0 aliphatic heterocycles. The van der Waals surface area contributed by atoms with E-state index in [1.165, 1.54) is 379 Å². The summed E-state index contributed by atoms with van der Waals surface area (Å²) in [6.45, 7) is 4.98. The maximum atomic E-state index is 13.1. The van der Waals surface area contributed by atoms with Gasteiger partial charge in [-0.2, -0.15) is 0 Å². The van der Waals surface area contributed by atoms with Crippen molar-refractivity contribution in [2.75, 3.05) is 40.9 Å². The highest BCUT2D eigenvalue weighted by Gasteiger charge is 2.28. The number of aliphatic hydroxyl groups is 1. The van der Waals surface area contributed by atoms with Gasteiger partial charge in [-0.1, -0.05) is 425 Å². The van der Waals surface area contributed by atoms with Crippen LogP contribution in [0.2, 0.25) is 0 Å². The summed E-state index contributed by atoms with van der Waals surface area (Å²) in [6, 6.07) is -0.758. The molecule has 0 aromatic carbocycles. The summed E-state index contributed by atoms with van der Waals surface area (Å²) in [5.74, 6) is -0.131. The van der Waals surface area contributed by atoms with Crippen molar-refractivity contribution < 1.29 is 32.9 Å². The summed E-state index contributed by atoms with van der Waals surface area (Å²) < 4.78 is 24.0. The number of aliphatic hydroxyl groups excluding tert-OH is 1. The van der Waals surface area contributed by atoms with E-state index in [1.807, 2.05) is 21.1 Å². The molecular weight excluding hydrogens is 1090 g/mol. The molecule has 87 heavy (non-hydrogen) atoms. The number of hydrogen-bond donors (Lipinski definition) is 3. The molecule has 0 rings (SSSR count). The number of phosphoric acid groups is 1. The number of unbranched alkanes of at least 4 members (excludes halogenated alkanes) is 63. The Morgan fingerprint density at radius 1 is 0.345 bits per heavy atom. The Morgan fingerprint density at radius 3 is 0.770 bits per heavy atom. The molecule has 0 aliphatic carbocycles. The van der Waals surface area contributed by atoms with Gasteiger partial charge in [-0.3, -0.25) is 13.8 Å². The highest BCUT2D eigenvalue weighted by molar-refractivity contribution is 7.47. The van der Waals surface area contributed by atoms with E-state index < -0.39 is 20.0 Å². The number of quaternary nitrogens is 1. The molecule has 3 atom stereocenters. The molecule has 0 aliphatic rings. The number of rotatable bonds is 76. The smallest absolute Gasteiger partial charge is 0.391 e. The van der Waals surface area contributed by atoms with Crippen LogP contribution in [0.15, 0.2) is 0 Å². The number of carbonyl (C=O) groups is 1. The normalized spacial score (nSPS) is 13.4. The summed E-state index contributed by atoms with van der Waals surface area (Å²) in [7, 11) is 1.65. The molecule has 0 radical (unpaired) electrons. The molecule has 3 N–H and O–H groups in total. The minimum absolute atomic E-state index is 0.0796. The number of likely N-dealkylation sites (N-methyl/N-ethyl adjacent to an activating group) is 1. The second kappa shape index (κ2) is 69.8. The Bertz CT molecular complexity index is 1380. The van der Waals surface area contributed by atoms with E-state index in [0.29, 0.717) is 23.9 Å². The molecule has 9 heteroatoms. The molecule has 522 valence electrons. The minimum atomic E-state index is -4.33.